The zero-order valence-electron chi connectivity index (χ0n) is 18.3. The number of hydrogen-bond acceptors (Lipinski definition) is 4. The van der Waals surface area contributed by atoms with E-state index in [4.69, 9.17) is 0 Å². The smallest absolute Gasteiger partial charge is 0.211 e. The molecule has 3 rings (SSSR count). The van der Waals surface area contributed by atoms with Crippen LogP contribution in [-0.4, -0.2) is 75.1 Å². The predicted molar refractivity (Wildman–Crippen MR) is 134 cm³/mol. The Morgan fingerprint density at radius 3 is 2.47 bits per heavy atom. The van der Waals surface area contributed by atoms with Crippen LogP contribution in [0.4, 0.5) is 0 Å². The zero-order valence-corrected chi connectivity index (χ0v) is 21.4. The fraction of sp³-hybridized carbons (Fsp3) is 0.667. The van der Waals surface area contributed by atoms with E-state index in [-0.39, 0.29) is 24.0 Å². The van der Waals surface area contributed by atoms with Gasteiger partial charge < -0.3 is 10.6 Å². The van der Waals surface area contributed by atoms with Crippen molar-refractivity contribution in [2.75, 3.05) is 39.5 Å². The number of nitrogens with zero attached hydrogens (tertiary/aromatic N) is 3. The molecule has 0 bridgehead atoms. The lowest BCUT2D eigenvalue weighted by Crippen LogP contribution is -2.47. The summed E-state index contributed by atoms with van der Waals surface area (Å²) in [5, 5.41) is 7.03. The van der Waals surface area contributed by atoms with Crippen LogP contribution in [0.3, 0.4) is 0 Å². The Bertz CT molecular complexity index is 782. The Balaban J connectivity index is 0.00000320. The van der Waals surface area contributed by atoms with E-state index in [0.717, 1.165) is 44.9 Å². The number of benzene rings is 1. The molecule has 2 aliphatic heterocycles. The first-order valence-corrected chi connectivity index (χ1v) is 12.4. The first kappa shape index (κ1) is 25.4. The van der Waals surface area contributed by atoms with E-state index < -0.39 is 10.0 Å². The van der Waals surface area contributed by atoms with Crippen LogP contribution >= 0.6 is 24.0 Å². The van der Waals surface area contributed by atoms with Crippen LogP contribution in [0.15, 0.2) is 35.3 Å². The Morgan fingerprint density at radius 2 is 1.87 bits per heavy atom. The van der Waals surface area contributed by atoms with E-state index in [2.05, 4.69) is 57.8 Å². The molecule has 0 saturated carbocycles. The Labute approximate surface area is 198 Å². The van der Waals surface area contributed by atoms with Crippen molar-refractivity contribution in [2.24, 2.45) is 10.9 Å². The van der Waals surface area contributed by atoms with Crippen molar-refractivity contribution in [3.63, 3.8) is 0 Å². The fourth-order valence-corrected chi connectivity index (χ4v) is 5.19. The van der Waals surface area contributed by atoms with Crippen molar-refractivity contribution in [1.29, 1.82) is 0 Å². The van der Waals surface area contributed by atoms with Gasteiger partial charge in [-0.2, -0.15) is 0 Å². The lowest BCUT2D eigenvalue weighted by Gasteiger charge is -2.30. The van der Waals surface area contributed by atoms with E-state index in [9.17, 15) is 8.42 Å². The summed E-state index contributed by atoms with van der Waals surface area (Å²) in [4.78, 5) is 6.91. The van der Waals surface area contributed by atoms with Gasteiger partial charge in [0.2, 0.25) is 10.0 Å². The van der Waals surface area contributed by atoms with Crippen molar-refractivity contribution in [1.82, 2.24) is 19.8 Å². The number of nitrogens with one attached hydrogen (secondary N) is 2. The molecule has 0 amide bonds. The van der Waals surface area contributed by atoms with Crippen LogP contribution < -0.4 is 10.6 Å². The van der Waals surface area contributed by atoms with Gasteiger partial charge in [-0.15, -0.1) is 24.0 Å². The monoisotopic (exact) mass is 549 g/mol. The van der Waals surface area contributed by atoms with Gasteiger partial charge in [0.25, 0.3) is 0 Å². The van der Waals surface area contributed by atoms with Gasteiger partial charge in [0.05, 0.1) is 6.26 Å². The largest absolute Gasteiger partial charge is 0.356 e. The molecule has 170 valence electrons. The quantitative estimate of drug-likeness (QED) is 0.323. The lowest BCUT2D eigenvalue weighted by atomic mass is 9.98. The van der Waals surface area contributed by atoms with E-state index in [1.54, 1.807) is 4.31 Å². The Kier molecular flexibility index (Phi) is 9.83. The molecule has 0 aromatic heterocycles. The highest BCUT2D eigenvalue weighted by molar-refractivity contribution is 14.0. The second-order valence-corrected chi connectivity index (χ2v) is 10.4. The molecule has 7 nitrogen and oxygen atoms in total. The number of halogens is 1. The topological polar surface area (TPSA) is 77.0 Å². The molecule has 2 fully saturated rings. The van der Waals surface area contributed by atoms with Gasteiger partial charge in [0.1, 0.15) is 0 Å². The van der Waals surface area contributed by atoms with Crippen LogP contribution in [0.1, 0.15) is 31.7 Å². The normalized spacial score (nSPS) is 24.4. The van der Waals surface area contributed by atoms with Crippen LogP contribution in [0, 0.1) is 5.92 Å². The number of likely N-dealkylation sites (tertiary alicyclic amines) is 1. The maximum Gasteiger partial charge on any atom is 0.211 e. The molecule has 2 aliphatic rings. The molecule has 0 aliphatic carbocycles. The molecule has 0 radical (unpaired) electrons. The van der Waals surface area contributed by atoms with Crippen molar-refractivity contribution in [2.45, 2.75) is 44.8 Å². The Hall–Kier alpha value is -0.910. The van der Waals surface area contributed by atoms with Crippen molar-refractivity contribution in [3.05, 3.63) is 35.9 Å². The number of guanidine groups is 1. The molecule has 30 heavy (non-hydrogen) atoms. The molecule has 0 spiro atoms. The van der Waals surface area contributed by atoms with E-state index in [0.29, 0.717) is 31.1 Å². The summed E-state index contributed by atoms with van der Waals surface area (Å²) in [5.74, 6) is 1.32. The lowest BCUT2D eigenvalue weighted by molar-refractivity contribution is 0.258. The first-order chi connectivity index (χ1) is 13.8. The molecule has 1 aromatic carbocycles. The average Bonchev–Trinajstić information content (AvgIpc) is 3.04. The van der Waals surface area contributed by atoms with Gasteiger partial charge in [0, 0.05) is 51.9 Å². The summed E-state index contributed by atoms with van der Waals surface area (Å²) in [6.45, 7) is 6.33. The van der Waals surface area contributed by atoms with Crippen molar-refractivity contribution in [3.8, 4) is 0 Å². The number of rotatable bonds is 6. The molecular weight excluding hydrogens is 513 g/mol. The summed E-state index contributed by atoms with van der Waals surface area (Å²) in [5.41, 5.74) is 1.35. The second-order valence-electron chi connectivity index (χ2n) is 8.40. The molecule has 9 heteroatoms. The molecular formula is C21H36IN5O2S. The summed E-state index contributed by atoms with van der Waals surface area (Å²) < 4.78 is 24.9. The summed E-state index contributed by atoms with van der Waals surface area (Å²) in [6.07, 6.45) is 4.17. The minimum Gasteiger partial charge on any atom is -0.356 e. The van der Waals surface area contributed by atoms with E-state index in [1.807, 2.05) is 7.05 Å². The molecule has 2 heterocycles. The van der Waals surface area contributed by atoms with Crippen LogP contribution in [-0.2, 0) is 16.6 Å². The van der Waals surface area contributed by atoms with Crippen LogP contribution in [0.2, 0.25) is 0 Å². The van der Waals surface area contributed by atoms with Gasteiger partial charge in [0.15, 0.2) is 5.96 Å². The van der Waals surface area contributed by atoms with Gasteiger partial charge in [-0.05, 0) is 37.7 Å². The molecule has 1 aromatic rings. The van der Waals surface area contributed by atoms with E-state index >= 15 is 0 Å². The average molecular weight is 550 g/mol. The maximum atomic E-state index is 11.6. The molecule has 2 N–H and O–H groups in total. The third-order valence-electron chi connectivity index (χ3n) is 6.10. The number of hydrogen-bond donors (Lipinski definition) is 2. The number of aliphatic imine (C=N–C) groups is 1. The predicted octanol–water partition coefficient (Wildman–Crippen LogP) is 2.10. The maximum absolute atomic E-state index is 11.6. The van der Waals surface area contributed by atoms with Gasteiger partial charge in [-0.1, -0.05) is 30.3 Å². The van der Waals surface area contributed by atoms with Crippen LogP contribution in [0.25, 0.3) is 0 Å². The number of piperidine rings is 1. The molecule has 2 atom stereocenters. The van der Waals surface area contributed by atoms with Gasteiger partial charge in [-0.3, -0.25) is 9.89 Å². The van der Waals surface area contributed by atoms with Gasteiger partial charge >= 0.3 is 0 Å². The third-order valence-corrected chi connectivity index (χ3v) is 7.40. The highest BCUT2D eigenvalue weighted by atomic mass is 127. The minimum atomic E-state index is -3.06. The second kappa shape index (κ2) is 11.6. The van der Waals surface area contributed by atoms with Crippen molar-refractivity contribution >= 4 is 40.0 Å². The minimum absolute atomic E-state index is 0. The first-order valence-electron chi connectivity index (χ1n) is 10.6. The summed E-state index contributed by atoms with van der Waals surface area (Å²) in [7, 11) is -1.25. The zero-order chi connectivity index (χ0) is 20.9. The van der Waals surface area contributed by atoms with Gasteiger partial charge in [-0.25, -0.2) is 12.7 Å². The third kappa shape index (κ3) is 7.35. The molecule has 2 unspecified atom stereocenters. The SMILES string of the molecule is CN=C(NCC1CCN(S(C)(=O)=O)CC1)NC1CC(C)N(Cc2ccccc2)C1.I. The number of sulfonamides is 1. The van der Waals surface area contributed by atoms with Crippen LogP contribution in [0.5, 0.6) is 0 Å². The standard InChI is InChI=1S/C21H35N5O2S.HI/c1-17-13-20(16-25(17)15-19-7-5-4-6-8-19)24-21(22-2)23-14-18-9-11-26(12-10-18)29(3,27)28;/h4-8,17-18,20H,9-16H2,1-3H3,(H2,22,23,24);1H. The summed E-state index contributed by atoms with van der Waals surface area (Å²) >= 11 is 0. The highest BCUT2D eigenvalue weighted by Gasteiger charge is 2.30. The fourth-order valence-electron chi connectivity index (χ4n) is 4.32. The molecule has 2 saturated heterocycles. The Morgan fingerprint density at radius 1 is 1.20 bits per heavy atom. The summed E-state index contributed by atoms with van der Waals surface area (Å²) in [6, 6.07) is 11.5. The van der Waals surface area contributed by atoms with E-state index in [1.165, 1.54) is 11.8 Å². The highest BCUT2D eigenvalue weighted by Crippen LogP contribution is 2.21. The van der Waals surface area contributed by atoms with Crippen molar-refractivity contribution < 1.29 is 8.42 Å².